The quantitative estimate of drug-likeness (QED) is 0.753. The highest BCUT2D eigenvalue weighted by molar-refractivity contribution is 6.34. The van der Waals surface area contributed by atoms with Crippen LogP contribution in [0.1, 0.15) is 5.56 Å². The van der Waals surface area contributed by atoms with Gasteiger partial charge in [-0.1, -0.05) is 17.7 Å². The first-order valence-electron chi connectivity index (χ1n) is 4.03. The molecule has 0 saturated heterocycles. The van der Waals surface area contributed by atoms with Gasteiger partial charge in [-0.2, -0.15) is 5.10 Å². The van der Waals surface area contributed by atoms with Crippen molar-refractivity contribution in [2.24, 2.45) is 12.8 Å². The van der Waals surface area contributed by atoms with E-state index < -0.39 is 0 Å². The highest BCUT2D eigenvalue weighted by Crippen LogP contribution is 2.22. The van der Waals surface area contributed by atoms with E-state index in [0.717, 1.165) is 16.5 Å². The lowest BCUT2D eigenvalue weighted by Gasteiger charge is -1.97. The molecule has 2 N–H and O–H groups in total. The Morgan fingerprint density at radius 1 is 1.54 bits per heavy atom. The van der Waals surface area contributed by atoms with Gasteiger partial charge in [-0.3, -0.25) is 4.68 Å². The summed E-state index contributed by atoms with van der Waals surface area (Å²) >= 11 is 5.91. The molecule has 13 heavy (non-hydrogen) atoms. The molecule has 0 aliphatic rings. The molecule has 0 spiro atoms. The SMILES string of the molecule is Cn1nc(Cl)c2ccc(CN)cc21. The van der Waals surface area contributed by atoms with E-state index in [9.17, 15) is 0 Å². The van der Waals surface area contributed by atoms with Crippen molar-refractivity contribution in [1.29, 1.82) is 0 Å². The number of nitrogens with zero attached hydrogens (tertiary/aromatic N) is 2. The van der Waals surface area contributed by atoms with E-state index >= 15 is 0 Å². The molecule has 0 aliphatic carbocycles. The van der Waals surface area contributed by atoms with E-state index in [1.807, 2.05) is 25.2 Å². The molecule has 3 nitrogen and oxygen atoms in total. The van der Waals surface area contributed by atoms with Crippen molar-refractivity contribution in [3.8, 4) is 0 Å². The van der Waals surface area contributed by atoms with Gasteiger partial charge in [0.15, 0.2) is 5.15 Å². The summed E-state index contributed by atoms with van der Waals surface area (Å²) in [5.41, 5.74) is 7.65. The van der Waals surface area contributed by atoms with Crippen molar-refractivity contribution in [3.05, 3.63) is 28.9 Å². The van der Waals surface area contributed by atoms with Gasteiger partial charge in [0, 0.05) is 19.0 Å². The topological polar surface area (TPSA) is 43.8 Å². The highest BCUT2D eigenvalue weighted by Gasteiger charge is 2.05. The molecule has 2 aromatic rings. The van der Waals surface area contributed by atoms with Crippen LogP contribution in [0.3, 0.4) is 0 Å². The highest BCUT2D eigenvalue weighted by atomic mass is 35.5. The van der Waals surface area contributed by atoms with Crippen molar-refractivity contribution >= 4 is 22.5 Å². The van der Waals surface area contributed by atoms with Gasteiger partial charge in [-0.25, -0.2) is 0 Å². The third kappa shape index (κ3) is 1.30. The molecule has 0 radical (unpaired) electrons. The lowest BCUT2D eigenvalue weighted by molar-refractivity contribution is 0.796. The van der Waals surface area contributed by atoms with Gasteiger partial charge < -0.3 is 5.73 Å². The molecule has 0 unspecified atom stereocenters. The number of rotatable bonds is 1. The first-order chi connectivity index (χ1) is 6.22. The van der Waals surface area contributed by atoms with Gasteiger partial charge in [0.25, 0.3) is 0 Å². The summed E-state index contributed by atoms with van der Waals surface area (Å²) in [7, 11) is 1.87. The molecule has 2 rings (SSSR count). The zero-order chi connectivity index (χ0) is 9.42. The molecule has 1 aromatic heterocycles. The second-order valence-corrected chi connectivity index (χ2v) is 3.33. The van der Waals surface area contributed by atoms with Gasteiger partial charge in [0.2, 0.25) is 0 Å². The maximum atomic E-state index is 5.91. The second-order valence-electron chi connectivity index (χ2n) is 2.97. The normalized spacial score (nSPS) is 11.0. The number of aryl methyl sites for hydroxylation is 1. The van der Waals surface area contributed by atoms with E-state index in [1.165, 1.54) is 0 Å². The van der Waals surface area contributed by atoms with Crippen LogP contribution in [0.25, 0.3) is 10.9 Å². The van der Waals surface area contributed by atoms with E-state index in [2.05, 4.69) is 5.10 Å². The summed E-state index contributed by atoms with van der Waals surface area (Å²) < 4.78 is 1.76. The van der Waals surface area contributed by atoms with Crippen molar-refractivity contribution in [2.45, 2.75) is 6.54 Å². The summed E-state index contributed by atoms with van der Waals surface area (Å²) in [6.45, 7) is 0.540. The number of aromatic nitrogens is 2. The Hall–Kier alpha value is -1.06. The average molecular weight is 196 g/mol. The maximum Gasteiger partial charge on any atom is 0.158 e. The van der Waals surface area contributed by atoms with Gasteiger partial charge in [0.1, 0.15) is 0 Å². The predicted molar refractivity (Wildman–Crippen MR) is 53.6 cm³/mol. The fourth-order valence-corrected chi connectivity index (χ4v) is 1.66. The fourth-order valence-electron chi connectivity index (χ4n) is 1.39. The molecule has 0 amide bonds. The van der Waals surface area contributed by atoms with E-state index in [4.69, 9.17) is 17.3 Å². The minimum Gasteiger partial charge on any atom is -0.326 e. The lowest BCUT2D eigenvalue weighted by Crippen LogP contribution is -1.96. The van der Waals surface area contributed by atoms with Crippen molar-refractivity contribution in [1.82, 2.24) is 9.78 Å². The molecule has 68 valence electrons. The molecule has 0 aliphatic heterocycles. The zero-order valence-electron chi connectivity index (χ0n) is 7.29. The summed E-state index contributed by atoms with van der Waals surface area (Å²) in [5, 5.41) is 5.62. The average Bonchev–Trinajstić information content (AvgIpc) is 2.42. The molecule has 0 fully saturated rings. The minimum absolute atomic E-state index is 0.540. The third-order valence-electron chi connectivity index (χ3n) is 2.11. The Kier molecular flexibility index (Phi) is 1.98. The number of halogens is 1. The van der Waals surface area contributed by atoms with Crippen LogP contribution in [0.2, 0.25) is 5.15 Å². The lowest BCUT2D eigenvalue weighted by atomic mass is 10.2. The second kappa shape index (κ2) is 3.01. The Morgan fingerprint density at radius 3 is 3.00 bits per heavy atom. The van der Waals surface area contributed by atoms with E-state index in [-0.39, 0.29) is 0 Å². The largest absolute Gasteiger partial charge is 0.326 e. The number of fused-ring (bicyclic) bond motifs is 1. The van der Waals surface area contributed by atoms with Crippen LogP contribution in [0.5, 0.6) is 0 Å². The van der Waals surface area contributed by atoms with Crippen molar-refractivity contribution < 1.29 is 0 Å². The Balaban J connectivity index is 2.76. The molecule has 0 bridgehead atoms. The standard InChI is InChI=1S/C9H10ClN3/c1-13-8-4-6(5-11)2-3-7(8)9(10)12-13/h2-4H,5,11H2,1H3. The number of benzene rings is 1. The van der Waals surface area contributed by atoms with Crippen LogP contribution in [-0.2, 0) is 13.6 Å². The first-order valence-corrected chi connectivity index (χ1v) is 4.41. The Bertz CT molecular complexity index is 447. The first kappa shape index (κ1) is 8.53. The van der Waals surface area contributed by atoms with Crippen LogP contribution >= 0.6 is 11.6 Å². The van der Waals surface area contributed by atoms with E-state index in [0.29, 0.717) is 11.7 Å². The van der Waals surface area contributed by atoms with Gasteiger partial charge >= 0.3 is 0 Å². The Labute approximate surface area is 81.1 Å². The maximum absolute atomic E-state index is 5.91. The summed E-state index contributed by atoms with van der Waals surface area (Å²) in [5.74, 6) is 0. The van der Waals surface area contributed by atoms with Crippen LogP contribution < -0.4 is 5.73 Å². The van der Waals surface area contributed by atoms with Gasteiger partial charge in [-0.05, 0) is 17.7 Å². The van der Waals surface area contributed by atoms with Crippen LogP contribution in [0.4, 0.5) is 0 Å². The summed E-state index contributed by atoms with van der Waals surface area (Å²) in [4.78, 5) is 0. The van der Waals surface area contributed by atoms with Crippen LogP contribution in [0, 0.1) is 0 Å². The fraction of sp³-hybridized carbons (Fsp3) is 0.222. The third-order valence-corrected chi connectivity index (χ3v) is 2.39. The summed E-state index contributed by atoms with van der Waals surface area (Å²) in [6, 6.07) is 5.93. The summed E-state index contributed by atoms with van der Waals surface area (Å²) in [6.07, 6.45) is 0. The zero-order valence-corrected chi connectivity index (χ0v) is 8.04. The van der Waals surface area contributed by atoms with E-state index in [1.54, 1.807) is 4.68 Å². The minimum atomic E-state index is 0.540. The number of hydrogen-bond acceptors (Lipinski definition) is 2. The van der Waals surface area contributed by atoms with Gasteiger partial charge in [-0.15, -0.1) is 0 Å². The smallest absolute Gasteiger partial charge is 0.158 e. The van der Waals surface area contributed by atoms with Crippen LogP contribution in [-0.4, -0.2) is 9.78 Å². The molecule has 4 heteroatoms. The Morgan fingerprint density at radius 2 is 2.31 bits per heavy atom. The van der Waals surface area contributed by atoms with Gasteiger partial charge in [0.05, 0.1) is 5.52 Å². The molecule has 1 heterocycles. The monoisotopic (exact) mass is 195 g/mol. The molecular weight excluding hydrogens is 186 g/mol. The van der Waals surface area contributed by atoms with Crippen molar-refractivity contribution in [2.75, 3.05) is 0 Å². The molecule has 0 atom stereocenters. The van der Waals surface area contributed by atoms with Crippen LogP contribution in [0.15, 0.2) is 18.2 Å². The number of hydrogen-bond donors (Lipinski definition) is 1. The number of nitrogens with two attached hydrogens (primary N) is 1. The molecule has 1 aromatic carbocycles. The molecular formula is C9H10ClN3. The predicted octanol–water partition coefficient (Wildman–Crippen LogP) is 1.69. The van der Waals surface area contributed by atoms with Crippen molar-refractivity contribution in [3.63, 3.8) is 0 Å². The molecule has 0 saturated carbocycles.